The molecule has 0 N–H and O–H groups in total. The molecule has 0 saturated carbocycles. The van der Waals surface area contributed by atoms with Crippen molar-refractivity contribution in [1.82, 2.24) is 10.1 Å². The molecule has 0 fully saturated rings. The Morgan fingerprint density at radius 3 is 2.48 bits per heavy atom. The van der Waals surface area contributed by atoms with Crippen LogP contribution in [0.3, 0.4) is 0 Å². The number of ether oxygens (including phenoxy) is 1. The van der Waals surface area contributed by atoms with Gasteiger partial charge in [0, 0.05) is 17.6 Å². The molecule has 0 bridgehead atoms. The molecule has 4 rings (SSSR count). The first-order chi connectivity index (χ1) is 15.8. The molecule has 4 aromatic rings. The van der Waals surface area contributed by atoms with Gasteiger partial charge in [-0.25, -0.2) is 13.2 Å². The highest BCUT2D eigenvalue weighted by Gasteiger charge is 2.23. The van der Waals surface area contributed by atoms with Crippen molar-refractivity contribution in [1.29, 1.82) is 0 Å². The Kier molecular flexibility index (Phi) is 6.43. The van der Waals surface area contributed by atoms with Gasteiger partial charge in [-0.15, -0.1) is 0 Å². The topological polar surface area (TPSA) is 103 Å². The Labute approximate surface area is 195 Å². The third-order valence-electron chi connectivity index (χ3n) is 4.75. The highest BCUT2D eigenvalue weighted by atomic mass is 35.5. The fourth-order valence-electron chi connectivity index (χ4n) is 2.96. The molecule has 1 aromatic heterocycles. The predicted octanol–water partition coefficient (Wildman–Crippen LogP) is 4.57. The van der Waals surface area contributed by atoms with Crippen molar-refractivity contribution in [2.75, 3.05) is 11.4 Å². The molecular formula is C23H18ClN3O5S. The van der Waals surface area contributed by atoms with E-state index < -0.39 is 16.0 Å². The van der Waals surface area contributed by atoms with Crippen molar-refractivity contribution in [3.05, 3.63) is 95.3 Å². The summed E-state index contributed by atoms with van der Waals surface area (Å²) in [6.45, 7) is -0.264. The zero-order valence-electron chi connectivity index (χ0n) is 17.4. The predicted molar refractivity (Wildman–Crippen MR) is 122 cm³/mol. The molecule has 0 aliphatic rings. The molecule has 0 saturated heterocycles. The summed E-state index contributed by atoms with van der Waals surface area (Å²) in [7, 11) is -2.42. The number of aromatic nitrogens is 2. The van der Waals surface area contributed by atoms with Crippen molar-refractivity contribution in [3.8, 4) is 11.4 Å². The van der Waals surface area contributed by atoms with Crippen molar-refractivity contribution in [2.45, 2.75) is 11.5 Å². The van der Waals surface area contributed by atoms with Crippen LogP contribution in [0.25, 0.3) is 11.4 Å². The first-order valence-electron chi connectivity index (χ1n) is 9.74. The van der Waals surface area contributed by atoms with E-state index in [2.05, 4.69) is 10.1 Å². The Morgan fingerprint density at radius 2 is 1.76 bits per heavy atom. The van der Waals surface area contributed by atoms with Crippen LogP contribution in [-0.4, -0.2) is 31.6 Å². The number of carbonyl (C=O) groups excluding carboxylic acids is 1. The largest absolute Gasteiger partial charge is 0.452 e. The second kappa shape index (κ2) is 9.43. The standard InChI is InChI=1S/C23H18ClN3O5S/c1-27(19-7-3-2-4-8-19)33(29,30)20-9-5-6-17(14-20)23(28)31-15-21-25-22(26-32-21)16-10-12-18(24)13-11-16/h2-14H,15H2,1H3. The lowest BCUT2D eigenvalue weighted by Gasteiger charge is -2.19. The first-order valence-corrected chi connectivity index (χ1v) is 11.6. The van der Waals surface area contributed by atoms with E-state index >= 15 is 0 Å². The molecule has 0 atom stereocenters. The van der Waals surface area contributed by atoms with Crippen molar-refractivity contribution in [2.24, 2.45) is 0 Å². The number of benzene rings is 3. The molecule has 0 aliphatic heterocycles. The van der Waals surface area contributed by atoms with Gasteiger partial charge in [-0.3, -0.25) is 4.31 Å². The highest BCUT2D eigenvalue weighted by Crippen LogP contribution is 2.23. The quantitative estimate of drug-likeness (QED) is 0.354. The molecule has 33 heavy (non-hydrogen) atoms. The van der Waals surface area contributed by atoms with Gasteiger partial charge < -0.3 is 9.26 Å². The number of rotatable bonds is 7. The van der Waals surface area contributed by atoms with E-state index in [4.69, 9.17) is 20.9 Å². The molecule has 0 aliphatic carbocycles. The van der Waals surface area contributed by atoms with Crippen LogP contribution in [0.15, 0.2) is 88.3 Å². The molecule has 8 nitrogen and oxygen atoms in total. The zero-order valence-corrected chi connectivity index (χ0v) is 19.0. The average Bonchev–Trinajstić information content (AvgIpc) is 3.32. The Bertz CT molecular complexity index is 1370. The summed E-state index contributed by atoms with van der Waals surface area (Å²) < 4.78 is 37.5. The molecule has 0 radical (unpaired) electrons. The van der Waals surface area contributed by atoms with Crippen molar-refractivity contribution < 1.29 is 22.5 Å². The normalized spacial score (nSPS) is 11.2. The van der Waals surface area contributed by atoms with Crippen LogP contribution in [0, 0.1) is 0 Å². The lowest BCUT2D eigenvalue weighted by Crippen LogP contribution is -2.26. The number of halogens is 1. The monoisotopic (exact) mass is 483 g/mol. The van der Waals surface area contributed by atoms with Crippen LogP contribution in [0.1, 0.15) is 16.2 Å². The van der Waals surface area contributed by atoms with Gasteiger partial charge in [0.25, 0.3) is 15.9 Å². The molecule has 0 amide bonds. The van der Waals surface area contributed by atoms with Gasteiger partial charge in [-0.05, 0) is 54.6 Å². The number of para-hydroxylation sites is 1. The number of hydrogen-bond donors (Lipinski definition) is 0. The SMILES string of the molecule is CN(c1ccccc1)S(=O)(=O)c1cccc(C(=O)OCc2nc(-c3ccc(Cl)cc3)no2)c1. The van der Waals surface area contributed by atoms with Crippen molar-refractivity contribution in [3.63, 3.8) is 0 Å². The molecule has 0 unspecified atom stereocenters. The second-order valence-electron chi connectivity index (χ2n) is 6.93. The van der Waals surface area contributed by atoms with Crippen LogP contribution >= 0.6 is 11.6 Å². The van der Waals surface area contributed by atoms with Crippen LogP contribution < -0.4 is 4.31 Å². The molecule has 3 aromatic carbocycles. The van der Waals surface area contributed by atoms with E-state index in [9.17, 15) is 13.2 Å². The number of anilines is 1. The third-order valence-corrected chi connectivity index (χ3v) is 6.78. The molecule has 168 valence electrons. The Hall–Kier alpha value is -3.69. The minimum Gasteiger partial charge on any atom is -0.452 e. The van der Waals surface area contributed by atoms with Gasteiger partial charge in [0.15, 0.2) is 6.61 Å². The summed E-state index contributed by atoms with van der Waals surface area (Å²) in [5.74, 6) is -0.295. The van der Waals surface area contributed by atoms with Gasteiger partial charge >= 0.3 is 5.97 Å². The highest BCUT2D eigenvalue weighted by molar-refractivity contribution is 7.92. The maximum absolute atomic E-state index is 13.0. The lowest BCUT2D eigenvalue weighted by molar-refractivity contribution is 0.0429. The Morgan fingerprint density at radius 1 is 1.03 bits per heavy atom. The fourth-order valence-corrected chi connectivity index (χ4v) is 4.33. The van der Waals surface area contributed by atoms with Crippen LogP contribution in [0.4, 0.5) is 5.69 Å². The van der Waals surface area contributed by atoms with Gasteiger partial charge in [0.05, 0.1) is 16.1 Å². The van der Waals surface area contributed by atoms with Crippen LogP contribution in [0.5, 0.6) is 0 Å². The summed E-state index contributed by atoms with van der Waals surface area (Å²) in [6, 6.07) is 21.1. The summed E-state index contributed by atoms with van der Waals surface area (Å²) in [4.78, 5) is 16.7. The molecular weight excluding hydrogens is 466 g/mol. The smallest absolute Gasteiger partial charge is 0.338 e. The van der Waals surface area contributed by atoms with E-state index in [1.807, 2.05) is 0 Å². The molecule has 0 spiro atoms. The minimum absolute atomic E-state index is 0.0360. The number of carbonyl (C=O) groups is 1. The van der Waals surface area contributed by atoms with Gasteiger partial charge in [0.1, 0.15) is 0 Å². The zero-order chi connectivity index (χ0) is 23.4. The van der Waals surface area contributed by atoms with E-state index in [0.29, 0.717) is 22.1 Å². The average molecular weight is 484 g/mol. The third kappa shape index (κ3) is 5.05. The van der Waals surface area contributed by atoms with E-state index in [1.165, 1.54) is 31.3 Å². The summed E-state index contributed by atoms with van der Waals surface area (Å²) in [6.07, 6.45) is 0. The van der Waals surface area contributed by atoms with E-state index in [-0.39, 0.29) is 23.0 Å². The maximum atomic E-state index is 13.0. The van der Waals surface area contributed by atoms with Gasteiger partial charge in [0.2, 0.25) is 5.82 Å². The molecule has 1 heterocycles. The summed E-state index contributed by atoms with van der Waals surface area (Å²) >= 11 is 5.87. The lowest BCUT2D eigenvalue weighted by atomic mass is 10.2. The summed E-state index contributed by atoms with van der Waals surface area (Å²) in [5, 5.41) is 4.44. The fraction of sp³-hybridized carbons (Fsp3) is 0.0870. The number of nitrogens with zero attached hydrogens (tertiary/aromatic N) is 3. The summed E-state index contributed by atoms with van der Waals surface area (Å²) in [5.41, 5.74) is 1.27. The van der Waals surface area contributed by atoms with Crippen LogP contribution in [0.2, 0.25) is 5.02 Å². The van der Waals surface area contributed by atoms with E-state index in [0.717, 1.165) is 4.31 Å². The molecule has 10 heteroatoms. The van der Waals surface area contributed by atoms with Gasteiger partial charge in [-0.1, -0.05) is 41.0 Å². The van der Waals surface area contributed by atoms with Crippen LogP contribution in [-0.2, 0) is 21.4 Å². The number of esters is 1. The second-order valence-corrected chi connectivity index (χ2v) is 9.34. The van der Waals surface area contributed by atoms with Crippen molar-refractivity contribution >= 4 is 33.3 Å². The number of hydrogen-bond acceptors (Lipinski definition) is 7. The van der Waals surface area contributed by atoms with E-state index in [1.54, 1.807) is 54.6 Å². The first kappa shape index (κ1) is 22.5. The Balaban J connectivity index is 1.45. The van der Waals surface area contributed by atoms with Gasteiger partial charge in [-0.2, -0.15) is 4.98 Å². The minimum atomic E-state index is -3.87. The number of sulfonamides is 1. The maximum Gasteiger partial charge on any atom is 0.338 e.